The quantitative estimate of drug-likeness (QED) is 0.838. The molecule has 134 valence electrons. The van der Waals surface area contributed by atoms with Crippen LogP contribution < -0.4 is 0 Å². The molecule has 25 heavy (non-hydrogen) atoms. The summed E-state index contributed by atoms with van der Waals surface area (Å²) in [5.74, 6) is -0.0550. The van der Waals surface area contributed by atoms with Gasteiger partial charge in [-0.15, -0.1) is 0 Å². The normalized spacial score (nSPS) is 16.2. The van der Waals surface area contributed by atoms with Gasteiger partial charge in [0.1, 0.15) is 0 Å². The van der Waals surface area contributed by atoms with Crippen LogP contribution in [0.4, 0.5) is 0 Å². The molecule has 0 spiro atoms. The second-order valence-corrected chi connectivity index (χ2v) is 8.44. The lowest BCUT2D eigenvalue weighted by molar-refractivity contribution is 0.0698. The summed E-state index contributed by atoms with van der Waals surface area (Å²) in [6, 6.07) is 11.7. The van der Waals surface area contributed by atoms with Gasteiger partial charge in [0.15, 0.2) is 0 Å². The van der Waals surface area contributed by atoms with Crippen LogP contribution >= 0.6 is 0 Å². The average molecular weight is 361 g/mol. The predicted octanol–water partition coefficient (Wildman–Crippen LogP) is 1.81. The highest BCUT2D eigenvalue weighted by Gasteiger charge is 2.26. The van der Waals surface area contributed by atoms with Gasteiger partial charge in [-0.1, -0.05) is 0 Å². The van der Waals surface area contributed by atoms with E-state index in [4.69, 9.17) is 0 Å². The van der Waals surface area contributed by atoms with Crippen LogP contribution in [0, 0.1) is 13.8 Å². The van der Waals surface area contributed by atoms with Gasteiger partial charge in [0.2, 0.25) is 10.0 Å². The second-order valence-electron chi connectivity index (χ2n) is 6.45. The summed E-state index contributed by atoms with van der Waals surface area (Å²) in [5, 5.41) is 0. The molecule has 1 aliphatic rings. The summed E-state index contributed by atoms with van der Waals surface area (Å²) < 4.78 is 26.7. The van der Waals surface area contributed by atoms with E-state index in [9.17, 15) is 13.2 Å². The zero-order valence-corrected chi connectivity index (χ0v) is 15.6. The molecule has 6 nitrogen and oxygen atoms in total. The maximum absolute atomic E-state index is 12.6. The number of rotatable bonds is 3. The highest BCUT2D eigenvalue weighted by Crippen LogP contribution is 2.18. The number of aryl methyl sites for hydroxylation is 2. The largest absolute Gasteiger partial charge is 0.336 e. The fourth-order valence-electron chi connectivity index (χ4n) is 3.23. The first-order valence-corrected chi connectivity index (χ1v) is 10.1. The number of carbonyl (C=O) groups is 1. The minimum absolute atomic E-state index is 0.0550. The van der Waals surface area contributed by atoms with Crippen molar-refractivity contribution in [2.24, 2.45) is 0 Å². The number of piperazine rings is 1. The van der Waals surface area contributed by atoms with E-state index in [0.717, 1.165) is 17.1 Å². The molecule has 1 amide bonds. The van der Waals surface area contributed by atoms with Gasteiger partial charge in [0, 0.05) is 48.8 Å². The van der Waals surface area contributed by atoms with Crippen molar-refractivity contribution in [1.82, 2.24) is 13.8 Å². The minimum Gasteiger partial charge on any atom is -0.336 e. The smallest absolute Gasteiger partial charge is 0.253 e. The summed E-state index contributed by atoms with van der Waals surface area (Å²) >= 11 is 0. The molecule has 0 aliphatic carbocycles. The Kier molecular flexibility index (Phi) is 4.71. The zero-order chi connectivity index (χ0) is 18.2. The number of nitrogens with zero attached hydrogens (tertiary/aromatic N) is 3. The second kappa shape index (κ2) is 6.65. The standard InChI is InChI=1S/C18H23N3O3S/c1-14-4-5-15(2)21(14)17-8-6-16(7-9-17)18(22)19-10-12-20(13-11-19)25(3,23)24/h4-9H,10-13H2,1-3H3. The van der Waals surface area contributed by atoms with E-state index in [1.54, 1.807) is 4.90 Å². The fourth-order valence-corrected chi connectivity index (χ4v) is 4.06. The van der Waals surface area contributed by atoms with Gasteiger partial charge in [-0.05, 0) is 50.2 Å². The van der Waals surface area contributed by atoms with Crippen LogP contribution in [0.1, 0.15) is 21.7 Å². The van der Waals surface area contributed by atoms with Crippen molar-refractivity contribution in [2.75, 3.05) is 32.4 Å². The van der Waals surface area contributed by atoms with Crippen LogP contribution in [-0.2, 0) is 10.0 Å². The lowest BCUT2D eigenvalue weighted by Gasteiger charge is -2.33. The Hall–Kier alpha value is -2.12. The first-order chi connectivity index (χ1) is 11.8. The Morgan fingerprint density at radius 2 is 1.40 bits per heavy atom. The topological polar surface area (TPSA) is 62.6 Å². The molecule has 1 fully saturated rings. The number of sulfonamides is 1. The van der Waals surface area contributed by atoms with E-state index in [1.807, 2.05) is 38.1 Å². The molecule has 7 heteroatoms. The molecule has 1 aromatic heterocycles. The summed E-state index contributed by atoms with van der Waals surface area (Å²) in [4.78, 5) is 14.4. The number of carbonyl (C=O) groups excluding carboxylic acids is 1. The van der Waals surface area contributed by atoms with Gasteiger partial charge in [0.05, 0.1) is 6.26 Å². The van der Waals surface area contributed by atoms with Crippen molar-refractivity contribution >= 4 is 15.9 Å². The fraction of sp³-hybridized carbons (Fsp3) is 0.389. The molecule has 0 bridgehead atoms. The molecule has 0 radical (unpaired) electrons. The van der Waals surface area contributed by atoms with Gasteiger partial charge in [-0.3, -0.25) is 4.79 Å². The molecule has 1 aromatic carbocycles. The van der Waals surface area contributed by atoms with Crippen molar-refractivity contribution in [3.05, 3.63) is 53.3 Å². The highest BCUT2D eigenvalue weighted by molar-refractivity contribution is 7.88. The molecule has 2 heterocycles. The first-order valence-electron chi connectivity index (χ1n) is 8.27. The molecule has 0 unspecified atom stereocenters. The third kappa shape index (κ3) is 3.62. The van der Waals surface area contributed by atoms with Crippen molar-refractivity contribution in [1.29, 1.82) is 0 Å². The van der Waals surface area contributed by atoms with E-state index in [2.05, 4.69) is 16.7 Å². The van der Waals surface area contributed by atoms with Gasteiger partial charge in [-0.25, -0.2) is 8.42 Å². The molecule has 3 rings (SSSR count). The van der Waals surface area contributed by atoms with E-state index < -0.39 is 10.0 Å². The third-order valence-electron chi connectivity index (χ3n) is 4.64. The number of benzene rings is 1. The number of hydrogen-bond acceptors (Lipinski definition) is 3. The maximum atomic E-state index is 12.6. The van der Waals surface area contributed by atoms with Crippen LogP contribution in [0.3, 0.4) is 0 Å². The van der Waals surface area contributed by atoms with Crippen LogP contribution in [0.2, 0.25) is 0 Å². The van der Waals surface area contributed by atoms with Crippen molar-refractivity contribution < 1.29 is 13.2 Å². The maximum Gasteiger partial charge on any atom is 0.253 e. The monoisotopic (exact) mass is 361 g/mol. The summed E-state index contributed by atoms with van der Waals surface area (Å²) in [5.41, 5.74) is 3.94. The van der Waals surface area contributed by atoms with Crippen molar-refractivity contribution in [2.45, 2.75) is 13.8 Å². The Balaban J connectivity index is 1.72. The summed E-state index contributed by atoms with van der Waals surface area (Å²) in [6.45, 7) is 5.64. The number of hydrogen-bond donors (Lipinski definition) is 0. The highest BCUT2D eigenvalue weighted by atomic mass is 32.2. The van der Waals surface area contributed by atoms with Gasteiger partial charge < -0.3 is 9.47 Å². The average Bonchev–Trinajstić information content (AvgIpc) is 2.92. The molecule has 1 aliphatic heterocycles. The van der Waals surface area contributed by atoms with Crippen LogP contribution in [0.25, 0.3) is 5.69 Å². The Morgan fingerprint density at radius 1 is 0.880 bits per heavy atom. The van der Waals surface area contributed by atoms with Gasteiger partial charge >= 0.3 is 0 Å². The molecular formula is C18H23N3O3S. The predicted molar refractivity (Wildman–Crippen MR) is 97.6 cm³/mol. The molecule has 0 atom stereocenters. The Morgan fingerprint density at radius 3 is 1.88 bits per heavy atom. The van der Waals surface area contributed by atoms with E-state index >= 15 is 0 Å². The minimum atomic E-state index is -3.19. The van der Waals surface area contributed by atoms with E-state index in [1.165, 1.54) is 10.6 Å². The first kappa shape index (κ1) is 17.7. The Labute approximate surface area is 148 Å². The van der Waals surface area contributed by atoms with Crippen LogP contribution in [0.5, 0.6) is 0 Å². The van der Waals surface area contributed by atoms with Crippen LogP contribution in [0.15, 0.2) is 36.4 Å². The summed E-state index contributed by atoms with van der Waals surface area (Å²) in [6.07, 6.45) is 1.20. The third-order valence-corrected chi connectivity index (χ3v) is 5.94. The van der Waals surface area contributed by atoms with Crippen molar-refractivity contribution in [3.8, 4) is 5.69 Å². The van der Waals surface area contributed by atoms with Crippen molar-refractivity contribution in [3.63, 3.8) is 0 Å². The van der Waals surface area contributed by atoms with Gasteiger partial charge in [0.25, 0.3) is 5.91 Å². The summed E-state index contributed by atoms with van der Waals surface area (Å²) in [7, 11) is -3.19. The molecule has 2 aromatic rings. The van der Waals surface area contributed by atoms with Gasteiger partial charge in [-0.2, -0.15) is 4.31 Å². The SMILES string of the molecule is Cc1ccc(C)n1-c1ccc(C(=O)N2CCN(S(C)(=O)=O)CC2)cc1. The van der Waals surface area contributed by atoms with Crippen LogP contribution in [-0.4, -0.2) is 60.5 Å². The zero-order valence-electron chi connectivity index (χ0n) is 14.8. The molecule has 1 saturated heterocycles. The Bertz CT molecular complexity index is 857. The number of aromatic nitrogens is 1. The molecule has 0 saturated carbocycles. The van der Waals surface area contributed by atoms with E-state index in [0.29, 0.717) is 31.7 Å². The number of amides is 1. The molecular weight excluding hydrogens is 338 g/mol. The van der Waals surface area contributed by atoms with E-state index in [-0.39, 0.29) is 5.91 Å². The lowest BCUT2D eigenvalue weighted by atomic mass is 10.1. The molecule has 0 N–H and O–H groups in total. The lowest BCUT2D eigenvalue weighted by Crippen LogP contribution is -2.50.